The molecule has 1 aromatic heterocycles. The summed E-state index contributed by atoms with van der Waals surface area (Å²) in [6.07, 6.45) is 5.09. The molecule has 2 aliphatic rings. The maximum atomic E-state index is 12.9. The molecular formula is C22H28N4O2. The fourth-order valence-electron chi connectivity index (χ4n) is 4.10. The molecule has 0 bridgehead atoms. The van der Waals surface area contributed by atoms with Crippen molar-refractivity contribution >= 4 is 5.91 Å². The van der Waals surface area contributed by atoms with Gasteiger partial charge in [-0.2, -0.15) is 0 Å². The minimum Gasteiger partial charge on any atom is -0.360 e. The summed E-state index contributed by atoms with van der Waals surface area (Å²) in [4.78, 5) is 12.9. The lowest BCUT2D eigenvalue weighted by Gasteiger charge is -2.22. The number of aromatic nitrogens is 1. The smallest absolute Gasteiger partial charge is 0.277 e. The average Bonchev–Trinajstić information content (AvgIpc) is 3.09. The van der Waals surface area contributed by atoms with Gasteiger partial charge in [0.2, 0.25) is 0 Å². The second kappa shape index (κ2) is 7.80. The number of fused-ring (bicyclic) bond motifs is 1. The maximum absolute atomic E-state index is 12.9. The summed E-state index contributed by atoms with van der Waals surface area (Å²) in [5.41, 5.74) is 9.32. The molecule has 0 spiro atoms. The first-order valence-electron chi connectivity index (χ1n) is 10.1. The molecule has 0 saturated heterocycles. The Morgan fingerprint density at radius 3 is 2.86 bits per heavy atom. The van der Waals surface area contributed by atoms with Crippen molar-refractivity contribution in [1.82, 2.24) is 20.9 Å². The van der Waals surface area contributed by atoms with Crippen LogP contribution in [-0.2, 0) is 19.4 Å². The second-order valence-electron chi connectivity index (χ2n) is 7.81. The Balaban J connectivity index is 1.52. The summed E-state index contributed by atoms with van der Waals surface area (Å²) in [6.45, 7) is 6.96. The molecule has 4 rings (SSSR count). The van der Waals surface area contributed by atoms with Gasteiger partial charge in [0.1, 0.15) is 5.76 Å². The number of carbonyl (C=O) groups is 1. The summed E-state index contributed by atoms with van der Waals surface area (Å²) in [5.74, 6) is 0.708. The van der Waals surface area contributed by atoms with E-state index in [1.165, 1.54) is 17.5 Å². The normalized spacial score (nSPS) is 19.5. The van der Waals surface area contributed by atoms with E-state index in [-0.39, 0.29) is 11.9 Å². The van der Waals surface area contributed by atoms with Gasteiger partial charge in [-0.05, 0) is 51.2 Å². The summed E-state index contributed by atoms with van der Waals surface area (Å²) in [7, 11) is 0. The van der Waals surface area contributed by atoms with Crippen LogP contribution < -0.4 is 10.7 Å². The van der Waals surface area contributed by atoms with Gasteiger partial charge < -0.3 is 14.8 Å². The largest absolute Gasteiger partial charge is 0.360 e. The lowest BCUT2D eigenvalue weighted by molar-refractivity contribution is 0.0953. The first kappa shape index (κ1) is 18.7. The molecule has 148 valence electrons. The van der Waals surface area contributed by atoms with Crippen LogP contribution >= 0.6 is 0 Å². The Hall–Kier alpha value is -2.60. The van der Waals surface area contributed by atoms with Gasteiger partial charge >= 0.3 is 0 Å². The number of benzene rings is 1. The summed E-state index contributed by atoms with van der Waals surface area (Å²) in [5, 5.41) is 9.29. The standard InChI is InChI=1S/C22H28N4O2/c1-14-9-7-8-10-17(14)13-26-16(3)20(15(2)24-26)23-22(27)21-18-11-5-4-6-12-19(18)28-25-21/h7-10,15,24H,4-6,11-13H2,1-3H3,(H,23,27)/t15-/m1/s1. The fraction of sp³-hybridized carbons (Fsp3) is 0.455. The van der Waals surface area contributed by atoms with Crippen molar-refractivity contribution < 1.29 is 9.32 Å². The van der Waals surface area contributed by atoms with Crippen LogP contribution in [0.3, 0.4) is 0 Å². The van der Waals surface area contributed by atoms with E-state index in [0.717, 1.165) is 54.9 Å². The first-order chi connectivity index (χ1) is 13.5. The van der Waals surface area contributed by atoms with Gasteiger partial charge in [-0.1, -0.05) is 35.8 Å². The van der Waals surface area contributed by atoms with Crippen molar-refractivity contribution in [3.05, 3.63) is 63.8 Å². The lowest BCUT2D eigenvalue weighted by atomic mass is 10.1. The predicted molar refractivity (Wildman–Crippen MR) is 107 cm³/mol. The number of aryl methyl sites for hydroxylation is 2. The van der Waals surface area contributed by atoms with E-state index in [9.17, 15) is 4.79 Å². The van der Waals surface area contributed by atoms with Crippen LogP contribution in [0.2, 0.25) is 0 Å². The second-order valence-corrected chi connectivity index (χ2v) is 7.81. The third-order valence-electron chi connectivity index (χ3n) is 5.83. The highest BCUT2D eigenvalue weighted by Crippen LogP contribution is 2.25. The number of rotatable bonds is 4. The highest BCUT2D eigenvalue weighted by molar-refractivity contribution is 5.95. The molecule has 2 aromatic rings. The number of nitrogens with zero attached hydrogens (tertiary/aromatic N) is 2. The summed E-state index contributed by atoms with van der Waals surface area (Å²) >= 11 is 0. The van der Waals surface area contributed by atoms with E-state index in [1.54, 1.807) is 0 Å². The number of carbonyl (C=O) groups excluding carboxylic acids is 1. The molecule has 0 radical (unpaired) electrons. The molecule has 1 amide bonds. The van der Waals surface area contributed by atoms with Crippen LogP contribution in [0.4, 0.5) is 0 Å². The third-order valence-corrected chi connectivity index (χ3v) is 5.83. The summed E-state index contributed by atoms with van der Waals surface area (Å²) in [6, 6.07) is 8.38. The van der Waals surface area contributed by atoms with E-state index in [2.05, 4.69) is 53.0 Å². The van der Waals surface area contributed by atoms with Gasteiger partial charge in [0.05, 0.1) is 18.3 Å². The molecule has 1 aliphatic heterocycles. The highest BCUT2D eigenvalue weighted by atomic mass is 16.5. The van der Waals surface area contributed by atoms with E-state index >= 15 is 0 Å². The van der Waals surface area contributed by atoms with Gasteiger partial charge in [0.25, 0.3) is 5.91 Å². The van der Waals surface area contributed by atoms with Crippen LogP contribution in [0.1, 0.15) is 66.0 Å². The van der Waals surface area contributed by atoms with Gasteiger partial charge in [0, 0.05) is 17.7 Å². The lowest BCUT2D eigenvalue weighted by Crippen LogP contribution is -2.37. The summed E-state index contributed by atoms with van der Waals surface area (Å²) < 4.78 is 5.47. The Labute approximate surface area is 165 Å². The van der Waals surface area contributed by atoms with Crippen molar-refractivity contribution in [3.63, 3.8) is 0 Å². The number of hydrogen-bond acceptors (Lipinski definition) is 5. The molecule has 0 saturated carbocycles. The molecule has 1 aliphatic carbocycles. The number of amides is 1. The van der Waals surface area contributed by atoms with Gasteiger partial charge in [-0.15, -0.1) is 0 Å². The molecule has 2 heterocycles. The van der Waals surface area contributed by atoms with E-state index in [1.807, 2.05) is 13.0 Å². The van der Waals surface area contributed by atoms with Crippen molar-refractivity contribution in [2.45, 2.75) is 65.5 Å². The minimum absolute atomic E-state index is 0.0264. The van der Waals surface area contributed by atoms with Crippen molar-refractivity contribution in [1.29, 1.82) is 0 Å². The van der Waals surface area contributed by atoms with Crippen LogP contribution in [0.15, 0.2) is 40.2 Å². The molecule has 2 N–H and O–H groups in total. The predicted octanol–water partition coefficient (Wildman–Crippen LogP) is 3.62. The number of hydrazine groups is 1. The van der Waals surface area contributed by atoms with Gasteiger partial charge in [0.15, 0.2) is 5.69 Å². The molecule has 1 aromatic carbocycles. The Bertz CT molecular complexity index is 915. The Morgan fingerprint density at radius 2 is 2.04 bits per heavy atom. The van der Waals surface area contributed by atoms with Crippen LogP contribution in [0, 0.1) is 6.92 Å². The van der Waals surface area contributed by atoms with E-state index < -0.39 is 0 Å². The molecule has 1 atom stereocenters. The highest BCUT2D eigenvalue weighted by Gasteiger charge is 2.30. The monoisotopic (exact) mass is 380 g/mol. The van der Waals surface area contributed by atoms with Gasteiger partial charge in [-0.25, -0.2) is 5.43 Å². The Kier molecular flexibility index (Phi) is 5.22. The topological polar surface area (TPSA) is 70.4 Å². The zero-order valence-electron chi connectivity index (χ0n) is 16.8. The van der Waals surface area contributed by atoms with E-state index in [4.69, 9.17) is 4.52 Å². The van der Waals surface area contributed by atoms with Gasteiger partial charge in [-0.3, -0.25) is 4.79 Å². The molecule has 6 heteroatoms. The first-order valence-corrected chi connectivity index (χ1v) is 10.1. The molecule has 0 fully saturated rings. The average molecular weight is 380 g/mol. The Morgan fingerprint density at radius 1 is 1.25 bits per heavy atom. The molecule has 6 nitrogen and oxygen atoms in total. The third kappa shape index (κ3) is 3.56. The van der Waals surface area contributed by atoms with E-state index in [0.29, 0.717) is 5.69 Å². The number of hydrogen-bond donors (Lipinski definition) is 2. The molecule has 0 unspecified atom stereocenters. The molecule has 28 heavy (non-hydrogen) atoms. The van der Waals surface area contributed by atoms with Crippen LogP contribution in [0.25, 0.3) is 0 Å². The number of nitrogens with one attached hydrogen (secondary N) is 2. The quantitative estimate of drug-likeness (QED) is 0.793. The van der Waals surface area contributed by atoms with Crippen molar-refractivity contribution in [2.24, 2.45) is 0 Å². The number of allylic oxidation sites excluding steroid dienone is 1. The fourth-order valence-corrected chi connectivity index (χ4v) is 4.10. The SMILES string of the molecule is CC1=C(NC(=O)c2noc3c2CCCCC3)[C@@H](C)NN1Cc1ccccc1C. The van der Waals surface area contributed by atoms with Crippen LogP contribution in [0.5, 0.6) is 0 Å². The minimum atomic E-state index is -0.173. The molecular weight excluding hydrogens is 352 g/mol. The van der Waals surface area contributed by atoms with Crippen molar-refractivity contribution in [2.75, 3.05) is 0 Å². The maximum Gasteiger partial charge on any atom is 0.277 e. The van der Waals surface area contributed by atoms with Crippen LogP contribution in [-0.4, -0.2) is 22.1 Å². The zero-order chi connectivity index (χ0) is 19.7. The zero-order valence-corrected chi connectivity index (χ0v) is 16.8. The van der Waals surface area contributed by atoms with Crippen molar-refractivity contribution in [3.8, 4) is 0 Å².